The van der Waals surface area contributed by atoms with Crippen LogP contribution < -0.4 is 40.6 Å². The number of hydrogen-bond donors (Lipinski definition) is 3. The number of carboxylic acids is 1. The first kappa shape index (κ1) is 96.7. The summed E-state index contributed by atoms with van der Waals surface area (Å²) >= 11 is 0. The van der Waals surface area contributed by atoms with Crippen molar-refractivity contribution in [2.24, 2.45) is 11.8 Å². The summed E-state index contributed by atoms with van der Waals surface area (Å²) in [7, 11) is 6.47. The molecule has 4 atom stereocenters. The molecule has 4 aromatic carbocycles. The first-order valence-electron chi connectivity index (χ1n) is 32.2. The van der Waals surface area contributed by atoms with Crippen molar-refractivity contribution in [3.63, 3.8) is 0 Å². The summed E-state index contributed by atoms with van der Waals surface area (Å²) in [5, 5.41) is 14.1. The number of carbonyl (C=O) groups is 4. The predicted octanol–water partition coefficient (Wildman–Crippen LogP) is 13.1. The zero-order valence-corrected chi connectivity index (χ0v) is 63.2. The molecule has 0 saturated heterocycles. The quantitative estimate of drug-likeness (QED) is 0.0280. The van der Waals surface area contributed by atoms with Gasteiger partial charge in [0.2, 0.25) is 11.8 Å². The van der Waals surface area contributed by atoms with Crippen LogP contribution in [0.3, 0.4) is 0 Å². The SMILES string of the molecule is CCOC(=O)C[C@H](NC(=O)C(CC(C)C)n1cc(CCN(C)C)c(C(F)(F)F)cc1=O)c1c(F)c(-c2c(C)cc(C)cc2C)cc(C(F)(F)F)c1F.Cc1cc(C)c(-c2cc(C(F)(F)F)c(F)c([C@H](CC(=O)O)NC(=O)C(CC(C)C)n3cc(CCN(C)C)c(C(F)(F)F)cc3=O)c2F)c(C)c1.S.S.[Li+].[OH-]. The van der Waals surface area contributed by atoms with Crippen molar-refractivity contribution in [2.45, 2.75) is 164 Å². The van der Waals surface area contributed by atoms with Gasteiger partial charge in [0, 0.05) is 59.9 Å². The van der Waals surface area contributed by atoms with Crippen LogP contribution in [0, 0.1) is 76.6 Å². The summed E-state index contributed by atoms with van der Waals surface area (Å²) in [4.78, 5) is 82.3. The van der Waals surface area contributed by atoms with E-state index in [1.165, 1.54) is 34.6 Å². The van der Waals surface area contributed by atoms with Gasteiger partial charge in [-0.25, -0.2) is 17.6 Å². The van der Waals surface area contributed by atoms with Gasteiger partial charge in [0.05, 0.1) is 53.8 Å². The Morgan fingerprint density at radius 1 is 0.500 bits per heavy atom. The van der Waals surface area contributed by atoms with E-state index in [9.17, 15) is 86.6 Å². The Bertz CT molecular complexity index is 4170. The maximum atomic E-state index is 16.7. The van der Waals surface area contributed by atoms with Gasteiger partial charge in [-0.3, -0.25) is 28.8 Å². The van der Waals surface area contributed by atoms with Gasteiger partial charge in [-0.2, -0.15) is 79.7 Å². The fourth-order valence-corrected chi connectivity index (χ4v) is 12.3. The average molecular weight is 1560 g/mol. The van der Waals surface area contributed by atoms with E-state index in [1.807, 2.05) is 0 Å². The van der Waals surface area contributed by atoms with E-state index >= 15 is 17.6 Å². The standard InChI is InChI=1S/C37H43F8N3O4.C35H39F8N3O4.Li.H2O.2H2S/c1-9-52-30(50)17-27(32-33(38)24(15-26(34(32)39)37(43,44)45)31-21(5)13-20(4)14-22(31)6)46-35(51)28(12-19(2)3)48-18-23(10-11-47(7)8)25(16-29(48)49)36(40,41)42;1-17(2)10-26(46-16-21(8-9-45(6)7)23(14-27(46)47)34(38,39)40)33(50)44-25(15-28(48)49)30-31(36)22(13-24(32(30)37)35(41,42)43)29-19(4)11-18(3)12-20(29)5;;;;/h13-16,18-19,27-28H,9-12,17H2,1-8H3,(H,46,51);11-14,16-17,25-26H,8-10,15H2,1-7H3,(H,44,50)(H,48,49);;3*1H2/q;;+1;;;/p-1/t27-,28?;25-,26?;;;;/m00..../s1. The van der Waals surface area contributed by atoms with Gasteiger partial charge in [0.15, 0.2) is 0 Å². The summed E-state index contributed by atoms with van der Waals surface area (Å²) in [6.45, 7) is 17.5. The van der Waals surface area contributed by atoms with Crippen molar-refractivity contribution in [1.82, 2.24) is 29.6 Å². The molecule has 0 fully saturated rings. The number of aryl methyl sites for hydroxylation is 6. The number of amides is 2. The molecule has 15 nitrogen and oxygen atoms in total. The fourth-order valence-electron chi connectivity index (χ4n) is 12.3. The molecule has 106 heavy (non-hydrogen) atoms. The minimum absolute atomic E-state index is 0. The van der Waals surface area contributed by atoms with Gasteiger partial charge in [0.1, 0.15) is 35.4 Å². The predicted molar refractivity (Wildman–Crippen MR) is 373 cm³/mol. The van der Waals surface area contributed by atoms with Gasteiger partial charge in [-0.15, -0.1) is 0 Å². The van der Waals surface area contributed by atoms with Crippen LogP contribution in [0.4, 0.5) is 70.2 Å². The number of aromatic nitrogens is 2. The van der Waals surface area contributed by atoms with E-state index in [0.29, 0.717) is 46.0 Å². The molecule has 2 heterocycles. The summed E-state index contributed by atoms with van der Waals surface area (Å²) in [6, 6.07) is 0.0517. The Balaban J connectivity index is 0.00000102. The van der Waals surface area contributed by atoms with Crippen LogP contribution in [-0.4, -0.2) is 101 Å². The van der Waals surface area contributed by atoms with Crippen LogP contribution in [0.25, 0.3) is 22.3 Å². The van der Waals surface area contributed by atoms with Crippen molar-refractivity contribution in [1.29, 1.82) is 0 Å². The molecule has 6 aromatic rings. The number of aliphatic carboxylic acids is 1. The van der Waals surface area contributed by atoms with Gasteiger partial charge < -0.3 is 44.9 Å². The molecule has 2 amide bonds. The molecular formula is C72H87F16LiN6O9S2. The normalized spacial score (nSPS) is 13.0. The monoisotopic (exact) mass is 1550 g/mol. The maximum absolute atomic E-state index is 16.7. The number of ether oxygens (including phenoxy) is 1. The number of carboxylic acid groups (broad SMARTS) is 1. The molecule has 0 aliphatic carbocycles. The Labute approximate surface area is 629 Å². The van der Waals surface area contributed by atoms with Gasteiger partial charge in [-0.1, -0.05) is 63.1 Å². The van der Waals surface area contributed by atoms with E-state index < -0.39 is 170 Å². The van der Waals surface area contributed by atoms with Crippen molar-refractivity contribution >= 4 is 50.7 Å². The van der Waals surface area contributed by atoms with Crippen molar-refractivity contribution < 1.29 is 124 Å². The Morgan fingerprint density at radius 3 is 1.07 bits per heavy atom. The minimum Gasteiger partial charge on any atom is -0.870 e. The molecule has 0 spiro atoms. The summed E-state index contributed by atoms with van der Waals surface area (Å²) < 4.78 is 241. The van der Waals surface area contributed by atoms with E-state index in [-0.39, 0.29) is 131 Å². The number of likely N-dealkylation sites (N-methyl/N-ethyl adjacent to an activating group) is 2. The fraction of sp³-hybridized carbons (Fsp3) is 0.472. The maximum Gasteiger partial charge on any atom is 1.00 e. The molecule has 0 aliphatic heterocycles. The number of halogens is 16. The number of hydrogen-bond acceptors (Lipinski definition) is 10. The van der Waals surface area contributed by atoms with Gasteiger partial charge >= 0.3 is 55.5 Å². The Kier molecular flexibility index (Phi) is 35.8. The van der Waals surface area contributed by atoms with Crippen LogP contribution >= 0.6 is 27.0 Å². The van der Waals surface area contributed by atoms with Crippen LogP contribution in [0.5, 0.6) is 0 Å². The first-order chi connectivity index (χ1) is 46.9. The van der Waals surface area contributed by atoms with Crippen molar-refractivity contribution in [3.8, 4) is 22.3 Å². The third-order valence-corrected chi connectivity index (χ3v) is 16.6. The van der Waals surface area contributed by atoms with E-state index in [0.717, 1.165) is 27.1 Å². The molecular weight excluding hydrogens is 1470 g/mol. The molecule has 6 rings (SSSR count). The van der Waals surface area contributed by atoms with Gasteiger partial charge in [0.25, 0.3) is 11.1 Å². The molecule has 2 aromatic heterocycles. The first-order valence-corrected chi connectivity index (χ1v) is 32.2. The minimum atomic E-state index is -5.37. The second-order valence-electron chi connectivity index (χ2n) is 26.6. The molecule has 4 N–H and O–H groups in total. The molecule has 0 saturated carbocycles. The second-order valence-corrected chi connectivity index (χ2v) is 26.6. The van der Waals surface area contributed by atoms with E-state index in [1.54, 1.807) is 104 Å². The molecule has 0 aliphatic rings. The number of esters is 1. The number of nitrogens with one attached hydrogen (secondary N) is 2. The smallest absolute Gasteiger partial charge is 0.870 e. The molecule has 2 unspecified atom stereocenters. The average Bonchev–Trinajstić information content (AvgIpc) is 0.760. The number of nitrogens with zero attached hydrogens (tertiary/aromatic N) is 4. The Morgan fingerprint density at radius 2 is 0.802 bits per heavy atom. The molecule has 0 bridgehead atoms. The van der Waals surface area contributed by atoms with Gasteiger partial charge in [-0.05, 0) is 171 Å². The third kappa shape index (κ3) is 24.6. The number of benzene rings is 4. The molecule has 34 heteroatoms. The van der Waals surface area contributed by atoms with Crippen LogP contribution in [-0.2, 0) is 61.5 Å². The van der Waals surface area contributed by atoms with Crippen LogP contribution in [0.2, 0.25) is 0 Å². The zero-order valence-electron chi connectivity index (χ0n) is 61.2. The van der Waals surface area contributed by atoms with E-state index in [2.05, 4.69) is 10.6 Å². The molecule has 0 radical (unpaired) electrons. The van der Waals surface area contributed by atoms with Crippen LogP contribution in [0.15, 0.2) is 70.5 Å². The summed E-state index contributed by atoms with van der Waals surface area (Å²) in [5.41, 5.74) is -10.4. The third-order valence-electron chi connectivity index (χ3n) is 16.6. The number of pyridine rings is 2. The summed E-state index contributed by atoms with van der Waals surface area (Å²) in [5.74, 6) is -13.3. The zero-order chi connectivity index (χ0) is 77.5. The second kappa shape index (κ2) is 39.2. The number of rotatable bonds is 25. The largest absolute Gasteiger partial charge is 1.00 e. The number of alkyl halides is 12. The van der Waals surface area contributed by atoms with Crippen molar-refractivity contribution in [3.05, 3.63) is 183 Å². The summed E-state index contributed by atoms with van der Waals surface area (Å²) in [6.07, 6.45) is -21.9. The molecule has 584 valence electrons. The Hall–Kier alpha value is -7.28. The van der Waals surface area contributed by atoms with E-state index in [4.69, 9.17) is 4.74 Å². The number of carbonyl (C=O) groups excluding carboxylic acids is 3. The topological polar surface area (TPSA) is 202 Å². The van der Waals surface area contributed by atoms with Crippen molar-refractivity contribution in [2.75, 3.05) is 47.9 Å². The van der Waals surface area contributed by atoms with Crippen LogP contribution in [0.1, 0.15) is 162 Å².